The zero-order valence-electron chi connectivity index (χ0n) is 21.9. The largest absolute Gasteiger partial charge is 0.441 e. The van der Waals surface area contributed by atoms with E-state index < -0.39 is 23.4 Å². The fraction of sp³-hybridized carbons (Fsp3) is 0.741. The molecule has 1 aromatic heterocycles. The van der Waals surface area contributed by atoms with Gasteiger partial charge in [0.25, 0.3) is 5.92 Å². The van der Waals surface area contributed by atoms with Crippen molar-refractivity contribution in [2.24, 2.45) is 11.8 Å². The van der Waals surface area contributed by atoms with Crippen LogP contribution in [0.15, 0.2) is 18.3 Å². The van der Waals surface area contributed by atoms with Gasteiger partial charge in [0.05, 0.1) is 6.54 Å². The van der Waals surface area contributed by atoms with Crippen molar-refractivity contribution in [2.45, 2.75) is 75.6 Å². The lowest BCUT2D eigenvalue weighted by atomic mass is 9.80. The maximum atomic E-state index is 13.4. The SMILES string of the molecule is O=C1OC2(CCN(Cc3ccc(C(F)(F)F)nc3)CC2)CN1CC1CCC(C(=O)N2CCC(F)(F)CC2)CC1. The van der Waals surface area contributed by atoms with Crippen molar-refractivity contribution in [1.29, 1.82) is 0 Å². The van der Waals surface area contributed by atoms with Crippen molar-refractivity contribution in [3.8, 4) is 0 Å². The van der Waals surface area contributed by atoms with E-state index >= 15 is 0 Å². The molecule has 3 saturated heterocycles. The van der Waals surface area contributed by atoms with Gasteiger partial charge in [-0.25, -0.2) is 13.6 Å². The quantitative estimate of drug-likeness (QED) is 0.479. The van der Waals surface area contributed by atoms with Gasteiger partial charge in [-0.1, -0.05) is 6.07 Å². The number of rotatable bonds is 5. The number of amides is 2. The Balaban J connectivity index is 1.05. The summed E-state index contributed by atoms with van der Waals surface area (Å²) in [7, 11) is 0. The molecule has 39 heavy (non-hydrogen) atoms. The number of halogens is 5. The third-order valence-electron chi connectivity index (χ3n) is 8.81. The minimum absolute atomic E-state index is 0.0117. The van der Waals surface area contributed by atoms with E-state index in [4.69, 9.17) is 4.74 Å². The zero-order chi connectivity index (χ0) is 27.8. The molecule has 7 nitrogen and oxygen atoms in total. The van der Waals surface area contributed by atoms with E-state index in [1.54, 1.807) is 9.80 Å². The summed E-state index contributed by atoms with van der Waals surface area (Å²) in [6.45, 7) is 3.15. The van der Waals surface area contributed by atoms with Gasteiger partial charge in [-0.2, -0.15) is 13.2 Å². The molecule has 3 aliphatic heterocycles. The summed E-state index contributed by atoms with van der Waals surface area (Å²) in [4.78, 5) is 34.5. The lowest BCUT2D eigenvalue weighted by Gasteiger charge is -2.38. The van der Waals surface area contributed by atoms with E-state index in [2.05, 4.69) is 9.88 Å². The molecule has 0 atom stereocenters. The molecule has 4 aliphatic rings. The van der Waals surface area contributed by atoms with Gasteiger partial charge in [0.15, 0.2) is 0 Å². The second-order valence-corrected chi connectivity index (χ2v) is 11.7. The third-order valence-corrected chi connectivity index (χ3v) is 8.81. The minimum Gasteiger partial charge on any atom is -0.441 e. The molecule has 2 amide bonds. The first-order valence-electron chi connectivity index (χ1n) is 13.8. The fourth-order valence-electron chi connectivity index (χ4n) is 6.37. The van der Waals surface area contributed by atoms with Crippen LogP contribution in [0.25, 0.3) is 0 Å². The molecule has 1 saturated carbocycles. The van der Waals surface area contributed by atoms with Gasteiger partial charge < -0.3 is 14.5 Å². The first-order chi connectivity index (χ1) is 18.4. The number of likely N-dealkylation sites (tertiary alicyclic amines) is 2. The van der Waals surface area contributed by atoms with Gasteiger partial charge in [0, 0.05) is 77.1 Å². The van der Waals surface area contributed by atoms with Crippen molar-refractivity contribution in [1.82, 2.24) is 19.7 Å². The van der Waals surface area contributed by atoms with E-state index in [-0.39, 0.29) is 49.8 Å². The highest BCUT2D eigenvalue weighted by molar-refractivity contribution is 5.79. The molecule has 1 aromatic rings. The number of nitrogens with zero attached hydrogens (tertiary/aromatic N) is 4. The summed E-state index contributed by atoms with van der Waals surface area (Å²) in [6, 6.07) is 2.44. The van der Waals surface area contributed by atoms with Crippen molar-refractivity contribution >= 4 is 12.0 Å². The molecule has 0 aromatic carbocycles. The number of piperidine rings is 2. The monoisotopic (exact) mass is 558 g/mol. The van der Waals surface area contributed by atoms with Crippen LogP contribution < -0.4 is 0 Å². The Morgan fingerprint density at radius 2 is 1.67 bits per heavy atom. The number of hydrogen-bond acceptors (Lipinski definition) is 5. The highest BCUT2D eigenvalue weighted by Gasteiger charge is 2.47. The van der Waals surface area contributed by atoms with Gasteiger partial charge in [-0.3, -0.25) is 14.7 Å². The number of hydrogen-bond donors (Lipinski definition) is 0. The summed E-state index contributed by atoms with van der Waals surface area (Å²) >= 11 is 0. The molecule has 5 rings (SSSR count). The maximum absolute atomic E-state index is 13.4. The smallest absolute Gasteiger partial charge is 0.433 e. The van der Waals surface area contributed by atoms with Crippen LogP contribution in [0.3, 0.4) is 0 Å². The Hall–Kier alpha value is -2.50. The Bertz CT molecular complexity index is 1020. The van der Waals surface area contributed by atoms with Crippen LogP contribution >= 0.6 is 0 Å². The second-order valence-electron chi connectivity index (χ2n) is 11.7. The summed E-state index contributed by atoms with van der Waals surface area (Å²) in [5.41, 5.74) is -0.748. The minimum atomic E-state index is -4.46. The van der Waals surface area contributed by atoms with Gasteiger partial charge >= 0.3 is 12.3 Å². The fourth-order valence-corrected chi connectivity index (χ4v) is 6.37. The van der Waals surface area contributed by atoms with Gasteiger partial charge in [-0.05, 0) is 43.2 Å². The number of alkyl halides is 5. The van der Waals surface area contributed by atoms with E-state index in [1.807, 2.05) is 0 Å². The van der Waals surface area contributed by atoms with Crippen LogP contribution in [-0.4, -0.2) is 82.5 Å². The van der Waals surface area contributed by atoms with Crippen LogP contribution in [0.1, 0.15) is 62.6 Å². The summed E-state index contributed by atoms with van der Waals surface area (Å²) in [5.74, 6) is -2.54. The van der Waals surface area contributed by atoms with Crippen molar-refractivity contribution in [3.05, 3.63) is 29.6 Å². The topological polar surface area (TPSA) is 66.0 Å². The molecule has 4 heterocycles. The van der Waals surface area contributed by atoms with Crippen LogP contribution in [0.2, 0.25) is 0 Å². The molecule has 0 unspecified atom stereocenters. The number of ether oxygens (including phenoxy) is 1. The summed E-state index contributed by atoms with van der Waals surface area (Å²) in [6.07, 6.45) is 0.294. The third kappa shape index (κ3) is 6.63. The molecule has 0 radical (unpaired) electrons. The molecule has 0 bridgehead atoms. The highest BCUT2D eigenvalue weighted by atomic mass is 19.4. The molecular formula is C27H35F5N4O3. The standard InChI is InChI=1S/C27H35F5N4O3/c28-26(29)9-13-35(14-10-26)23(37)21-4-1-19(2-5-21)17-36-18-25(39-24(36)38)7-11-34(12-8-25)16-20-3-6-22(33-15-20)27(30,31)32/h3,6,15,19,21H,1-2,4-5,7-14,16-18H2. The van der Waals surface area contributed by atoms with E-state index in [9.17, 15) is 31.5 Å². The van der Waals surface area contributed by atoms with E-state index in [0.717, 1.165) is 18.9 Å². The van der Waals surface area contributed by atoms with Gasteiger partial charge in [0.1, 0.15) is 11.3 Å². The summed E-state index contributed by atoms with van der Waals surface area (Å²) < 4.78 is 70.9. The van der Waals surface area contributed by atoms with Gasteiger partial charge in [0.2, 0.25) is 5.91 Å². The zero-order valence-corrected chi connectivity index (χ0v) is 21.9. The first-order valence-corrected chi connectivity index (χ1v) is 13.8. The van der Waals surface area contributed by atoms with Crippen LogP contribution in [0.5, 0.6) is 0 Å². The van der Waals surface area contributed by atoms with Crippen LogP contribution in [-0.2, 0) is 22.3 Å². The highest BCUT2D eigenvalue weighted by Crippen LogP contribution is 2.37. The predicted octanol–water partition coefficient (Wildman–Crippen LogP) is 4.95. The van der Waals surface area contributed by atoms with E-state index in [1.165, 1.54) is 12.3 Å². The van der Waals surface area contributed by atoms with Crippen LogP contribution in [0.4, 0.5) is 26.7 Å². The number of carbonyl (C=O) groups excluding carboxylic acids is 2. The lowest BCUT2D eigenvalue weighted by Crippen LogP contribution is -2.47. The molecular weight excluding hydrogens is 523 g/mol. The van der Waals surface area contributed by atoms with Crippen molar-refractivity contribution in [2.75, 3.05) is 39.3 Å². The van der Waals surface area contributed by atoms with Crippen LogP contribution in [0, 0.1) is 11.8 Å². The Labute approximate surface area is 224 Å². The molecule has 0 N–H and O–H groups in total. The predicted molar refractivity (Wildman–Crippen MR) is 131 cm³/mol. The normalized spacial score (nSPS) is 27.6. The van der Waals surface area contributed by atoms with E-state index in [0.29, 0.717) is 64.0 Å². The first kappa shape index (κ1) is 28.0. The molecule has 12 heteroatoms. The number of pyridine rings is 1. The Morgan fingerprint density at radius 3 is 2.26 bits per heavy atom. The maximum Gasteiger partial charge on any atom is 0.433 e. The van der Waals surface area contributed by atoms with Crippen molar-refractivity contribution in [3.63, 3.8) is 0 Å². The lowest BCUT2D eigenvalue weighted by molar-refractivity contribution is -0.143. The molecule has 1 aliphatic carbocycles. The number of aromatic nitrogens is 1. The second kappa shape index (κ2) is 10.8. The summed E-state index contributed by atoms with van der Waals surface area (Å²) in [5, 5.41) is 0. The molecule has 216 valence electrons. The molecule has 4 fully saturated rings. The average molecular weight is 559 g/mol. The van der Waals surface area contributed by atoms with Gasteiger partial charge in [-0.15, -0.1) is 0 Å². The number of carbonyl (C=O) groups is 2. The average Bonchev–Trinajstić information content (AvgIpc) is 3.19. The van der Waals surface area contributed by atoms with Crippen molar-refractivity contribution < 1.29 is 36.3 Å². The Morgan fingerprint density at radius 1 is 1.00 bits per heavy atom. The molecule has 1 spiro atoms. The Kier molecular flexibility index (Phi) is 7.78.